The monoisotopic (exact) mass is 273 g/mol. The molecular weight excluding hydrogens is 254 g/mol. The van der Waals surface area contributed by atoms with Gasteiger partial charge in [0.05, 0.1) is 16.4 Å². The van der Waals surface area contributed by atoms with Crippen molar-refractivity contribution in [1.82, 2.24) is 9.78 Å². The number of nitrogens with zero attached hydrogens (tertiary/aromatic N) is 2. The second kappa shape index (κ2) is 5.63. The van der Waals surface area contributed by atoms with E-state index in [0.29, 0.717) is 5.92 Å². The SMILES string of the molecule is CCc1nn(C)c(CC(N)C2CCSC2)c1Cl. The minimum absolute atomic E-state index is 0.211. The molecule has 0 saturated carbocycles. The van der Waals surface area contributed by atoms with Crippen molar-refractivity contribution < 1.29 is 0 Å². The minimum atomic E-state index is 0.211. The molecule has 1 aromatic rings. The summed E-state index contributed by atoms with van der Waals surface area (Å²) in [6.07, 6.45) is 2.96. The van der Waals surface area contributed by atoms with E-state index in [4.69, 9.17) is 17.3 Å². The lowest BCUT2D eigenvalue weighted by Gasteiger charge is -2.18. The van der Waals surface area contributed by atoms with Gasteiger partial charge in [0.25, 0.3) is 0 Å². The van der Waals surface area contributed by atoms with Gasteiger partial charge in [-0.2, -0.15) is 16.9 Å². The van der Waals surface area contributed by atoms with Crippen LogP contribution in [-0.4, -0.2) is 27.3 Å². The van der Waals surface area contributed by atoms with Crippen LogP contribution >= 0.6 is 23.4 Å². The van der Waals surface area contributed by atoms with Crippen molar-refractivity contribution in [2.24, 2.45) is 18.7 Å². The number of hydrogen-bond acceptors (Lipinski definition) is 3. The summed E-state index contributed by atoms with van der Waals surface area (Å²) in [7, 11) is 1.95. The van der Waals surface area contributed by atoms with E-state index in [1.54, 1.807) is 0 Å². The molecule has 0 radical (unpaired) electrons. The fourth-order valence-electron chi connectivity index (χ4n) is 2.32. The van der Waals surface area contributed by atoms with Crippen LogP contribution in [0, 0.1) is 5.92 Å². The van der Waals surface area contributed by atoms with E-state index < -0.39 is 0 Å². The molecule has 96 valence electrons. The Bertz CT molecular complexity index is 385. The van der Waals surface area contributed by atoms with Gasteiger partial charge in [-0.3, -0.25) is 4.68 Å². The van der Waals surface area contributed by atoms with Gasteiger partial charge in [0.1, 0.15) is 0 Å². The van der Waals surface area contributed by atoms with Crippen molar-refractivity contribution in [2.75, 3.05) is 11.5 Å². The highest BCUT2D eigenvalue weighted by Gasteiger charge is 2.25. The van der Waals surface area contributed by atoms with E-state index in [2.05, 4.69) is 12.0 Å². The zero-order valence-corrected chi connectivity index (χ0v) is 12.0. The number of rotatable bonds is 4. The highest BCUT2D eigenvalue weighted by atomic mass is 35.5. The highest BCUT2D eigenvalue weighted by Crippen LogP contribution is 2.29. The third-order valence-corrected chi connectivity index (χ3v) is 5.13. The molecule has 2 atom stereocenters. The Kier molecular flexibility index (Phi) is 4.39. The number of aryl methyl sites for hydroxylation is 2. The molecule has 3 nitrogen and oxygen atoms in total. The van der Waals surface area contributed by atoms with Crippen molar-refractivity contribution in [3.63, 3.8) is 0 Å². The van der Waals surface area contributed by atoms with Crippen molar-refractivity contribution in [2.45, 2.75) is 32.2 Å². The van der Waals surface area contributed by atoms with Gasteiger partial charge in [-0.05, 0) is 30.3 Å². The predicted octanol–water partition coefficient (Wildman–Crippen LogP) is 2.26. The van der Waals surface area contributed by atoms with Gasteiger partial charge < -0.3 is 5.73 Å². The summed E-state index contributed by atoms with van der Waals surface area (Å²) in [4.78, 5) is 0. The molecule has 5 heteroatoms. The van der Waals surface area contributed by atoms with Crippen LogP contribution in [0.25, 0.3) is 0 Å². The van der Waals surface area contributed by atoms with Crippen LogP contribution in [0.5, 0.6) is 0 Å². The smallest absolute Gasteiger partial charge is 0.0850 e. The molecule has 1 aliphatic rings. The Hall–Kier alpha value is -0.190. The van der Waals surface area contributed by atoms with Gasteiger partial charge in [-0.15, -0.1) is 0 Å². The lowest BCUT2D eigenvalue weighted by Crippen LogP contribution is -2.33. The van der Waals surface area contributed by atoms with E-state index >= 15 is 0 Å². The average molecular weight is 274 g/mol. The van der Waals surface area contributed by atoms with E-state index in [-0.39, 0.29) is 6.04 Å². The van der Waals surface area contributed by atoms with Gasteiger partial charge >= 0.3 is 0 Å². The van der Waals surface area contributed by atoms with Crippen LogP contribution in [0.4, 0.5) is 0 Å². The third kappa shape index (κ3) is 2.80. The molecular formula is C12H20ClN3S. The molecule has 17 heavy (non-hydrogen) atoms. The summed E-state index contributed by atoms with van der Waals surface area (Å²) in [5, 5.41) is 5.25. The van der Waals surface area contributed by atoms with Crippen molar-refractivity contribution in [3.05, 3.63) is 16.4 Å². The molecule has 1 aliphatic heterocycles. The summed E-state index contributed by atoms with van der Waals surface area (Å²) in [5.74, 6) is 3.07. The summed E-state index contributed by atoms with van der Waals surface area (Å²) in [6, 6.07) is 0.211. The Morgan fingerprint density at radius 1 is 1.65 bits per heavy atom. The van der Waals surface area contributed by atoms with Crippen molar-refractivity contribution >= 4 is 23.4 Å². The van der Waals surface area contributed by atoms with E-state index in [1.165, 1.54) is 17.9 Å². The number of thioether (sulfide) groups is 1. The number of halogens is 1. The predicted molar refractivity (Wildman–Crippen MR) is 74.7 cm³/mol. The average Bonchev–Trinajstić information content (AvgIpc) is 2.92. The first-order valence-corrected chi connectivity index (χ1v) is 7.70. The molecule has 2 N–H and O–H groups in total. The number of hydrogen-bond donors (Lipinski definition) is 1. The maximum atomic E-state index is 6.34. The van der Waals surface area contributed by atoms with E-state index in [0.717, 1.165) is 29.3 Å². The Morgan fingerprint density at radius 3 is 2.94 bits per heavy atom. The van der Waals surface area contributed by atoms with Gasteiger partial charge in [0, 0.05) is 19.5 Å². The fraction of sp³-hybridized carbons (Fsp3) is 0.750. The molecule has 0 aliphatic carbocycles. The molecule has 2 unspecified atom stereocenters. The first-order valence-electron chi connectivity index (χ1n) is 6.17. The van der Waals surface area contributed by atoms with E-state index in [1.807, 2.05) is 23.5 Å². The quantitative estimate of drug-likeness (QED) is 0.915. The molecule has 1 aromatic heterocycles. The third-order valence-electron chi connectivity index (χ3n) is 3.50. The van der Waals surface area contributed by atoms with Crippen LogP contribution in [0.2, 0.25) is 5.02 Å². The van der Waals surface area contributed by atoms with Crippen LogP contribution in [-0.2, 0) is 19.9 Å². The number of nitrogens with two attached hydrogens (primary N) is 1. The lowest BCUT2D eigenvalue weighted by atomic mass is 9.96. The molecule has 0 bridgehead atoms. The second-order valence-corrected chi connectivity index (χ2v) is 6.20. The largest absolute Gasteiger partial charge is 0.327 e. The molecule has 0 spiro atoms. The first-order chi connectivity index (χ1) is 8.13. The highest BCUT2D eigenvalue weighted by molar-refractivity contribution is 7.99. The van der Waals surface area contributed by atoms with Gasteiger partial charge in [0.15, 0.2) is 0 Å². The van der Waals surface area contributed by atoms with E-state index in [9.17, 15) is 0 Å². The molecule has 2 heterocycles. The van der Waals surface area contributed by atoms with Crippen LogP contribution < -0.4 is 5.73 Å². The van der Waals surface area contributed by atoms with Crippen LogP contribution in [0.3, 0.4) is 0 Å². The topological polar surface area (TPSA) is 43.8 Å². The molecule has 1 fully saturated rings. The maximum Gasteiger partial charge on any atom is 0.0850 e. The summed E-state index contributed by atoms with van der Waals surface area (Å²) in [6.45, 7) is 2.07. The zero-order chi connectivity index (χ0) is 12.4. The minimum Gasteiger partial charge on any atom is -0.327 e. The van der Waals surface area contributed by atoms with Gasteiger partial charge in [-0.25, -0.2) is 0 Å². The standard InChI is InChI=1S/C12H20ClN3S/c1-3-10-12(13)11(16(2)15-10)6-9(14)8-4-5-17-7-8/h8-9H,3-7,14H2,1-2H3. The van der Waals surface area contributed by atoms with Gasteiger partial charge in [-0.1, -0.05) is 18.5 Å². The normalized spacial score (nSPS) is 22.0. The van der Waals surface area contributed by atoms with Gasteiger partial charge in [0.2, 0.25) is 0 Å². The van der Waals surface area contributed by atoms with Crippen molar-refractivity contribution in [3.8, 4) is 0 Å². The molecule has 0 amide bonds. The van der Waals surface area contributed by atoms with Crippen molar-refractivity contribution in [1.29, 1.82) is 0 Å². The van der Waals surface area contributed by atoms with Crippen LogP contribution in [0.1, 0.15) is 24.7 Å². The zero-order valence-electron chi connectivity index (χ0n) is 10.4. The Labute approximate surface area is 112 Å². The summed E-state index contributed by atoms with van der Waals surface area (Å²) >= 11 is 8.34. The van der Waals surface area contributed by atoms with Crippen LogP contribution in [0.15, 0.2) is 0 Å². The molecule has 1 saturated heterocycles. The fourth-order valence-corrected chi connectivity index (χ4v) is 4.05. The molecule has 2 rings (SSSR count). The Morgan fingerprint density at radius 2 is 2.41 bits per heavy atom. The lowest BCUT2D eigenvalue weighted by molar-refractivity contribution is 0.452. The second-order valence-electron chi connectivity index (χ2n) is 4.68. The maximum absolute atomic E-state index is 6.34. The number of aromatic nitrogens is 2. The molecule has 0 aromatic carbocycles. The summed E-state index contributed by atoms with van der Waals surface area (Å²) in [5.41, 5.74) is 8.36. The Balaban J connectivity index is 2.09. The first kappa shape index (κ1) is 13.2. The summed E-state index contributed by atoms with van der Waals surface area (Å²) < 4.78 is 1.89.